The van der Waals surface area contributed by atoms with Gasteiger partial charge in [-0.3, -0.25) is 9.59 Å². The third-order valence-electron chi connectivity index (χ3n) is 6.53. The number of fused-ring (bicyclic) bond motifs is 1. The molecule has 1 aliphatic carbocycles. The zero-order valence-electron chi connectivity index (χ0n) is 18.4. The number of piperidine rings is 1. The standard InChI is InChI=1S/C26H28N4O2/c1-18-12-14-19(15-13-18)26(32)29-16-6-7-20(17-29)25(31)27-24-22-10-5-11-23(22)28-30(24)21-8-3-2-4-9-21/h2-4,8-9,12-15,20H,5-7,10-11,16-17H2,1H3,(H,27,31). The van der Waals surface area contributed by atoms with Crippen LogP contribution >= 0.6 is 0 Å². The van der Waals surface area contributed by atoms with Crippen molar-refractivity contribution in [1.82, 2.24) is 14.7 Å². The van der Waals surface area contributed by atoms with E-state index >= 15 is 0 Å². The fraction of sp³-hybridized carbons (Fsp3) is 0.346. The highest BCUT2D eigenvalue weighted by molar-refractivity contribution is 5.96. The van der Waals surface area contributed by atoms with E-state index in [1.165, 1.54) is 0 Å². The Morgan fingerprint density at radius 3 is 2.56 bits per heavy atom. The van der Waals surface area contributed by atoms with Gasteiger partial charge in [0.2, 0.25) is 5.91 Å². The van der Waals surface area contributed by atoms with E-state index in [4.69, 9.17) is 5.10 Å². The van der Waals surface area contributed by atoms with Gasteiger partial charge in [0.25, 0.3) is 5.91 Å². The molecule has 1 aliphatic heterocycles. The molecule has 0 saturated carbocycles. The smallest absolute Gasteiger partial charge is 0.253 e. The Bertz CT molecular complexity index is 1130. The number of anilines is 1. The molecular weight excluding hydrogens is 400 g/mol. The van der Waals surface area contributed by atoms with E-state index in [-0.39, 0.29) is 17.7 Å². The number of nitrogens with one attached hydrogen (secondary N) is 1. The first kappa shape index (κ1) is 20.5. The average Bonchev–Trinajstić information content (AvgIpc) is 3.42. The fourth-order valence-electron chi connectivity index (χ4n) is 4.75. The summed E-state index contributed by atoms with van der Waals surface area (Å²) in [4.78, 5) is 28.1. The minimum atomic E-state index is -0.227. The van der Waals surface area contributed by atoms with E-state index in [0.717, 1.165) is 60.4 Å². The van der Waals surface area contributed by atoms with Crippen LogP contribution in [0, 0.1) is 12.8 Å². The molecule has 1 unspecified atom stereocenters. The van der Waals surface area contributed by atoms with Crippen LogP contribution in [-0.2, 0) is 17.6 Å². The Morgan fingerprint density at radius 2 is 1.78 bits per heavy atom. The van der Waals surface area contributed by atoms with Crippen LogP contribution in [0.4, 0.5) is 5.82 Å². The zero-order chi connectivity index (χ0) is 22.1. The topological polar surface area (TPSA) is 67.2 Å². The van der Waals surface area contributed by atoms with E-state index in [9.17, 15) is 9.59 Å². The highest BCUT2D eigenvalue weighted by atomic mass is 16.2. The molecule has 0 spiro atoms. The highest BCUT2D eigenvalue weighted by Gasteiger charge is 2.31. The normalized spacial score (nSPS) is 17.8. The van der Waals surface area contributed by atoms with Gasteiger partial charge in [-0.15, -0.1) is 0 Å². The number of hydrogen-bond acceptors (Lipinski definition) is 3. The number of nitrogens with zero attached hydrogens (tertiary/aromatic N) is 3. The van der Waals surface area contributed by atoms with Crippen molar-refractivity contribution in [2.24, 2.45) is 5.92 Å². The van der Waals surface area contributed by atoms with E-state index in [1.807, 2.05) is 71.1 Å². The van der Waals surface area contributed by atoms with Crippen LogP contribution in [0.1, 0.15) is 46.4 Å². The number of aryl methyl sites for hydroxylation is 2. The lowest BCUT2D eigenvalue weighted by Crippen LogP contribution is -2.44. The number of carbonyl (C=O) groups excluding carboxylic acids is 2. The zero-order valence-corrected chi connectivity index (χ0v) is 18.4. The maximum absolute atomic E-state index is 13.3. The van der Waals surface area contributed by atoms with Gasteiger partial charge in [0.05, 0.1) is 17.3 Å². The quantitative estimate of drug-likeness (QED) is 0.679. The SMILES string of the molecule is Cc1ccc(C(=O)N2CCCC(C(=O)Nc3c4c(nn3-c3ccccc3)CCC4)C2)cc1. The van der Waals surface area contributed by atoms with Gasteiger partial charge in [-0.05, 0) is 63.3 Å². The second-order valence-corrected chi connectivity index (χ2v) is 8.82. The third-order valence-corrected chi connectivity index (χ3v) is 6.53. The second kappa shape index (κ2) is 8.61. The van der Waals surface area contributed by atoms with Crippen molar-refractivity contribution in [1.29, 1.82) is 0 Å². The van der Waals surface area contributed by atoms with Crippen molar-refractivity contribution >= 4 is 17.6 Å². The van der Waals surface area contributed by atoms with Crippen LogP contribution in [0.2, 0.25) is 0 Å². The highest BCUT2D eigenvalue weighted by Crippen LogP contribution is 2.32. The Hall–Kier alpha value is -3.41. The van der Waals surface area contributed by atoms with Crippen LogP contribution in [0.5, 0.6) is 0 Å². The van der Waals surface area contributed by atoms with E-state index < -0.39 is 0 Å². The van der Waals surface area contributed by atoms with Crippen molar-refractivity contribution in [2.45, 2.75) is 39.0 Å². The Labute approximate surface area is 188 Å². The first-order valence-corrected chi connectivity index (χ1v) is 11.4. The molecule has 2 amide bonds. The molecule has 1 N–H and O–H groups in total. The summed E-state index contributed by atoms with van der Waals surface area (Å²) in [5.41, 5.74) is 4.96. The van der Waals surface area contributed by atoms with Gasteiger partial charge >= 0.3 is 0 Å². The lowest BCUT2D eigenvalue weighted by Gasteiger charge is -2.32. The first-order chi connectivity index (χ1) is 15.6. The molecule has 1 atom stereocenters. The van der Waals surface area contributed by atoms with Crippen LogP contribution < -0.4 is 5.32 Å². The summed E-state index contributed by atoms with van der Waals surface area (Å²) in [6, 6.07) is 17.6. The number of amides is 2. The summed E-state index contributed by atoms with van der Waals surface area (Å²) < 4.78 is 1.86. The van der Waals surface area contributed by atoms with Gasteiger partial charge in [-0.25, -0.2) is 4.68 Å². The molecule has 32 heavy (non-hydrogen) atoms. The molecule has 2 heterocycles. The summed E-state index contributed by atoms with van der Waals surface area (Å²) in [5, 5.41) is 7.98. The van der Waals surface area contributed by atoms with Gasteiger partial charge in [-0.2, -0.15) is 5.10 Å². The van der Waals surface area contributed by atoms with Crippen molar-refractivity contribution < 1.29 is 9.59 Å². The van der Waals surface area contributed by atoms with Crippen LogP contribution in [0.3, 0.4) is 0 Å². The minimum Gasteiger partial charge on any atom is -0.338 e. The monoisotopic (exact) mass is 428 g/mol. The largest absolute Gasteiger partial charge is 0.338 e. The maximum Gasteiger partial charge on any atom is 0.253 e. The third kappa shape index (κ3) is 3.93. The predicted molar refractivity (Wildman–Crippen MR) is 124 cm³/mol. The number of aromatic nitrogens is 2. The van der Waals surface area contributed by atoms with Crippen LogP contribution in [0.25, 0.3) is 5.69 Å². The first-order valence-electron chi connectivity index (χ1n) is 11.4. The molecule has 1 fully saturated rings. The molecule has 3 aromatic rings. The van der Waals surface area contributed by atoms with Crippen molar-refractivity contribution in [3.05, 3.63) is 77.0 Å². The average molecular weight is 429 g/mol. The summed E-state index contributed by atoms with van der Waals surface area (Å²) in [7, 11) is 0. The van der Waals surface area contributed by atoms with Gasteiger partial charge in [-0.1, -0.05) is 35.9 Å². The molecule has 5 rings (SSSR count). The minimum absolute atomic E-state index is 0.00211. The number of likely N-dealkylation sites (tertiary alicyclic amines) is 1. The molecule has 2 aromatic carbocycles. The summed E-state index contributed by atoms with van der Waals surface area (Å²) in [6.07, 6.45) is 4.55. The van der Waals surface area contributed by atoms with Crippen molar-refractivity contribution in [3.63, 3.8) is 0 Å². The fourth-order valence-corrected chi connectivity index (χ4v) is 4.75. The van der Waals surface area contributed by atoms with Crippen molar-refractivity contribution in [2.75, 3.05) is 18.4 Å². The second-order valence-electron chi connectivity index (χ2n) is 8.82. The van der Waals surface area contributed by atoms with E-state index in [0.29, 0.717) is 18.7 Å². The van der Waals surface area contributed by atoms with Crippen LogP contribution in [-0.4, -0.2) is 39.6 Å². The molecule has 0 radical (unpaired) electrons. The molecule has 164 valence electrons. The molecule has 1 saturated heterocycles. The summed E-state index contributed by atoms with van der Waals surface area (Å²) >= 11 is 0. The molecular formula is C26H28N4O2. The van der Waals surface area contributed by atoms with Gasteiger partial charge in [0.1, 0.15) is 5.82 Å². The van der Waals surface area contributed by atoms with Gasteiger partial charge < -0.3 is 10.2 Å². The van der Waals surface area contributed by atoms with Gasteiger partial charge in [0, 0.05) is 24.2 Å². The number of benzene rings is 2. The molecule has 6 heteroatoms. The molecule has 6 nitrogen and oxygen atoms in total. The maximum atomic E-state index is 13.3. The Kier molecular flexibility index (Phi) is 5.52. The number of para-hydroxylation sites is 1. The van der Waals surface area contributed by atoms with E-state index in [2.05, 4.69) is 5.32 Å². The number of hydrogen-bond donors (Lipinski definition) is 1. The molecule has 0 bridgehead atoms. The Balaban J connectivity index is 1.34. The van der Waals surface area contributed by atoms with E-state index in [1.54, 1.807) is 0 Å². The lowest BCUT2D eigenvalue weighted by molar-refractivity contribution is -0.121. The van der Waals surface area contributed by atoms with Crippen molar-refractivity contribution in [3.8, 4) is 5.69 Å². The molecule has 2 aliphatic rings. The lowest BCUT2D eigenvalue weighted by atomic mass is 9.96. The number of rotatable bonds is 4. The predicted octanol–water partition coefficient (Wildman–Crippen LogP) is 4.16. The van der Waals surface area contributed by atoms with Gasteiger partial charge in [0.15, 0.2) is 0 Å². The van der Waals surface area contributed by atoms with Crippen LogP contribution in [0.15, 0.2) is 54.6 Å². The summed E-state index contributed by atoms with van der Waals surface area (Å²) in [5.74, 6) is 0.529. The number of carbonyl (C=O) groups is 2. The molecule has 1 aromatic heterocycles. The Morgan fingerprint density at radius 1 is 1.00 bits per heavy atom. The summed E-state index contributed by atoms with van der Waals surface area (Å²) in [6.45, 7) is 3.14.